The lowest BCUT2D eigenvalue weighted by molar-refractivity contribution is 0.131. The average molecular weight is 267 g/mol. The van der Waals surface area contributed by atoms with Gasteiger partial charge in [0.15, 0.2) is 0 Å². The molecule has 0 atom stereocenters. The van der Waals surface area contributed by atoms with Gasteiger partial charge in [-0.2, -0.15) is 0 Å². The van der Waals surface area contributed by atoms with Crippen LogP contribution >= 0.6 is 12.2 Å². The maximum Gasteiger partial charge on any atom is 0.106 e. The molecule has 0 amide bonds. The number of aromatic nitrogens is 1. The second-order valence-electron chi connectivity index (χ2n) is 4.03. The number of unbranched alkanes of at least 4 members (excludes halogenated alkanes) is 1. The Kier molecular flexibility index (Phi) is 7.29. The van der Waals surface area contributed by atoms with E-state index in [9.17, 15) is 0 Å². The Bertz CT molecular complexity index is 371. The molecule has 1 rings (SSSR count). The van der Waals surface area contributed by atoms with Gasteiger partial charge in [0.2, 0.25) is 0 Å². The highest BCUT2D eigenvalue weighted by Gasteiger charge is 2.03. The Hall–Kier alpha value is -1.20. The van der Waals surface area contributed by atoms with Crippen LogP contribution in [0.4, 0.5) is 5.69 Å². The highest BCUT2D eigenvalue weighted by atomic mass is 32.1. The van der Waals surface area contributed by atoms with E-state index in [4.69, 9.17) is 22.7 Å². The number of ether oxygens (including phenoxy) is 1. The maximum absolute atomic E-state index is 5.64. The van der Waals surface area contributed by atoms with Crippen LogP contribution in [0.3, 0.4) is 0 Å². The summed E-state index contributed by atoms with van der Waals surface area (Å²) in [5, 5.41) is 3.28. The summed E-state index contributed by atoms with van der Waals surface area (Å²) < 4.78 is 5.48. The molecule has 0 bridgehead atoms. The first kappa shape index (κ1) is 14.9. The van der Waals surface area contributed by atoms with Gasteiger partial charge in [0.25, 0.3) is 0 Å². The Morgan fingerprint density at radius 1 is 1.44 bits per heavy atom. The van der Waals surface area contributed by atoms with Gasteiger partial charge in [-0.25, -0.2) is 0 Å². The van der Waals surface area contributed by atoms with E-state index in [2.05, 4.69) is 17.2 Å². The summed E-state index contributed by atoms with van der Waals surface area (Å²) in [4.78, 5) is 4.45. The van der Waals surface area contributed by atoms with Gasteiger partial charge in [0.1, 0.15) is 4.99 Å². The number of rotatable bonds is 9. The summed E-state index contributed by atoms with van der Waals surface area (Å²) >= 11 is 4.98. The summed E-state index contributed by atoms with van der Waals surface area (Å²) in [6, 6.07) is 1.82. The molecule has 0 aliphatic rings. The van der Waals surface area contributed by atoms with Crippen LogP contribution < -0.4 is 11.1 Å². The minimum atomic E-state index is 0.388. The first-order chi connectivity index (χ1) is 8.75. The Morgan fingerprint density at radius 3 is 2.94 bits per heavy atom. The number of hydrogen-bond acceptors (Lipinski definition) is 4. The van der Waals surface area contributed by atoms with Crippen molar-refractivity contribution in [3.05, 3.63) is 24.0 Å². The van der Waals surface area contributed by atoms with E-state index in [0.29, 0.717) is 4.99 Å². The lowest BCUT2D eigenvalue weighted by Gasteiger charge is -2.10. The van der Waals surface area contributed by atoms with E-state index in [1.54, 1.807) is 12.4 Å². The number of anilines is 1. The molecular formula is C13H21N3OS. The van der Waals surface area contributed by atoms with Gasteiger partial charge >= 0.3 is 0 Å². The van der Waals surface area contributed by atoms with Crippen molar-refractivity contribution < 1.29 is 4.74 Å². The van der Waals surface area contributed by atoms with E-state index >= 15 is 0 Å². The van der Waals surface area contributed by atoms with Gasteiger partial charge < -0.3 is 15.8 Å². The van der Waals surface area contributed by atoms with Crippen molar-refractivity contribution in [2.75, 3.05) is 25.1 Å². The molecule has 100 valence electrons. The second-order valence-corrected chi connectivity index (χ2v) is 4.47. The van der Waals surface area contributed by atoms with Crippen LogP contribution in [0.15, 0.2) is 18.5 Å². The van der Waals surface area contributed by atoms with Crippen molar-refractivity contribution in [3.63, 3.8) is 0 Å². The molecule has 0 aliphatic heterocycles. The van der Waals surface area contributed by atoms with E-state index in [1.807, 2.05) is 6.07 Å². The smallest absolute Gasteiger partial charge is 0.106 e. The molecule has 0 spiro atoms. The van der Waals surface area contributed by atoms with Crippen molar-refractivity contribution in [1.82, 2.24) is 4.98 Å². The number of nitrogens with one attached hydrogen (secondary N) is 1. The molecule has 3 N–H and O–H groups in total. The molecule has 1 aromatic heterocycles. The molecule has 18 heavy (non-hydrogen) atoms. The normalized spacial score (nSPS) is 10.3. The van der Waals surface area contributed by atoms with Crippen LogP contribution in [-0.2, 0) is 4.74 Å². The fourth-order valence-corrected chi connectivity index (χ4v) is 1.67. The molecule has 0 aliphatic carbocycles. The Labute approximate surface area is 114 Å². The quantitative estimate of drug-likeness (QED) is 0.531. The van der Waals surface area contributed by atoms with Crippen molar-refractivity contribution in [1.29, 1.82) is 0 Å². The number of nitrogens with two attached hydrogens (primary N) is 1. The molecule has 5 heteroatoms. The number of thiocarbonyl (C=S) groups is 1. The first-order valence-corrected chi connectivity index (χ1v) is 6.72. The van der Waals surface area contributed by atoms with Gasteiger partial charge in [-0.15, -0.1) is 0 Å². The zero-order valence-electron chi connectivity index (χ0n) is 10.8. The van der Waals surface area contributed by atoms with E-state index in [0.717, 1.165) is 43.9 Å². The molecule has 0 aromatic carbocycles. The highest BCUT2D eigenvalue weighted by molar-refractivity contribution is 7.80. The van der Waals surface area contributed by atoms with Gasteiger partial charge in [-0.1, -0.05) is 25.6 Å². The Balaban J connectivity index is 2.25. The van der Waals surface area contributed by atoms with Crippen molar-refractivity contribution in [3.8, 4) is 0 Å². The summed E-state index contributed by atoms with van der Waals surface area (Å²) in [6.07, 6.45) is 6.68. The summed E-state index contributed by atoms with van der Waals surface area (Å²) in [6.45, 7) is 4.61. The van der Waals surface area contributed by atoms with Crippen LogP contribution in [0.2, 0.25) is 0 Å². The molecule has 0 saturated heterocycles. The zero-order valence-corrected chi connectivity index (χ0v) is 11.6. The topological polar surface area (TPSA) is 60.2 Å². The molecule has 0 saturated carbocycles. The standard InChI is InChI=1S/C13H21N3OS/c1-2-3-8-17-9-4-6-16-12-10-15-7-5-11(12)13(14)18/h5,7,10,16H,2-4,6,8-9H2,1H3,(H2,14,18). The molecule has 1 heterocycles. The van der Waals surface area contributed by atoms with Crippen molar-refractivity contribution >= 4 is 22.9 Å². The van der Waals surface area contributed by atoms with Crippen LogP contribution in [0.1, 0.15) is 31.7 Å². The van der Waals surface area contributed by atoms with Gasteiger partial charge in [-0.3, -0.25) is 4.98 Å². The molecule has 0 unspecified atom stereocenters. The fraction of sp³-hybridized carbons (Fsp3) is 0.538. The van der Waals surface area contributed by atoms with Crippen LogP contribution in [0.25, 0.3) is 0 Å². The highest BCUT2D eigenvalue weighted by Crippen LogP contribution is 2.12. The zero-order chi connectivity index (χ0) is 13.2. The van der Waals surface area contributed by atoms with Crippen molar-refractivity contribution in [2.45, 2.75) is 26.2 Å². The van der Waals surface area contributed by atoms with Gasteiger partial charge in [0.05, 0.1) is 11.9 Å². The monoisotopic (exact) mass is 267 g/mol. The lowest BCUT2D eigenvalue weighted by Crippen LogP contribution is -2.14. The predicted octanol–water partition coefficient (Wildman–Crippen LogP) is 2.33. The minimum Gasteiger partial charge on any atom is -0.389 e. The third-order valence-electron chi connectivity index (χ3n) is 2.51. The summed E-state index contributed by atoms with van der Waals surface area (Å²) in [5.74, 6) is 0. The molecule has 0 fully saturated rings. The van der Waals surface area contributed by atoms with Crippen LogP contribution in [-0.4, -0.2) is 29.7 Å². The molecule has 1 aromatic rings. The largest absolute Gasteiger partial charge is 0.389 e. The Morgan fingerprint density at radius 2 is 2.22 bits per heavy atom. The first-order valence-electron chi connectivity index (χ1n) is 6.31. The number of hydrogen-bond donors (Lipinski definition) is 2. The summed E-state index contributed by atoms with van der Waals surface area (Å²) in [5.41, 5.74) is 7.37. The number of nitrogens with zero attached hydrogens (tertiary/aromatic N) is 1. The molecular weight excluding hydrogens is 246 g/mol. The summed E-state index contributed by atoms with van der Waals surface area (Å²) in [7, 11) is 0. The average Bonchev–Trinajstić information content (AvgIpc) is 2.38. The second kappa shape index (κ2) is 8.83. The minimum absolute atomic E-state index is 0.388. The van der Waals surface area contributed by atoms with E-state index < -0.39 is 0 Å². The third kappa shape index (κ3) is 5.42. The fourth-order valence-electron chi connectivity index (χ4n) is 1.50. The van der Waals surface area contributed by atoms with Crippen molar-refractivity contribution in [2.24, 2.45) is 5.73 Å². The SMILES string of the molecule is CCCCOCCCNc1cnccc1C(N)=S. The van der Waals surface area contributed by atoms with Crippen LogP contribution in [0.5, 0.6) is 0 Å². The maximum atomic E-state index is 5.64. The van der Waals surface area contributed by atoms with E-state index in [1.165, 1.54) is 6.42 Å². The van der Waals surface area contributed by atoms with Crippen LogP contribution in [0, 0.1) is 0 Å². The molecule has 0 radical (unpaired) electrons. The number of pyridine rings is 1. The predicted molar refractivity (Wildman–Crippen MR) is 79.0 cm³/mol. The molecule has 4 nitrogen and oxygen atoms in total. The third-order valence-corrected chi connectivity index (χ3v) is 2.73. The van der Waals surface area contributed by atoms with Gasteiger partial charge in [-0.05, 0) is 18.9 Å². The van der Waals surface area contributed by atoms with E-state index in [-0.39, 0.29) is 0 Å². The van der Waals surface area contributed by atoms with Gasteiger partial charge in [0, 0.05) is 31.5 Å². The lowest BCUT2D eigenvalue weighted by atomic mass is 10.2.